The average Bonchev–Trinajstić information content (AvgIpc) is 3.17. The van der Waals surface area contributed by atoms with Crippen molar-refractivity contribution in [2.75, 3.05) is 13.9 Å². The van der Waals surface area contributed by atoms with Crippen molar-refractivity contribution >= 4 is 44.3 Å². The normalized spacial score (nSPS) is 11.3. The van der Waals surface area contributed by atoms with Gasteiger partial charge in [-0.05, 0) is 57.1 Å². The van der Waals surface area contributed by atoms with Crippen LogP contribution in [0.3, 0.4) is 0 Å². The zero-order valence-corrected chi connectivity index (χ0v) is 19.4. The predicted molar refractivity (Wildman–Crippen MR) is 136 cm³/mol. The predicted octanol–water partition coefficient (Wildman–Crippen LogP) is 7.10. The minimum atomic E-state index is 0.214. The average molecular weight is 519 g/mol. The third-order valence-corrected chi connectivity index (χ3v) is 6.63. The second-order valence-corrected chi connectivity index (χ2v) is 8.65. The Morgan fingerprint density at radius 1 is 0.806 bits per heavy atom. The molecule has 0 atom stereocenters. The van der Waals surface area contributed by atoms with E-state index in [9.17, 15) is 0 Å². The molecule has 0 aliphatic carbocycles. The van der Waals surface area contributed by atoms with Gasteiger partial charge in [0.05, 0.1) is 0 Å². The monoisotopic (exact) mass is 519 g/mol. The highest BCUT2D eigenvalue weighted by atomic mass is 127. The van der Waals surface area contributed by atoms with Gasteiger partial charge in [-0.1, -0.05) is 66.7 Å². The Balaban J connectivity index is 1.74. The fourth-order valence-electron chi connectivity index (χ4n) is 4.16. The molecule has 0 fully saturated rings. The lowest BCUT2D eigenvalue weighted by molar-refractivity contribution is 0.0516. The molecule has 0 amide bonds. The molecule has 154 valence electrons. The van der Waals surface area contributed by atoms with E-state index in [2.05, 4.69) is 112 Å². The zero-order valence-electron chi connectivity index (χ0n) is 17.2. The van der Waals surface area contributed by atoms with Crippen molar-refractivity contribution in [2.45, 2.75) is 6.54 Å². The Kier molecular flexibility index (Phi) is 5.66. The van der Waals surface area contributed by atoms with Gasteiger partial charge < -0.3 is 14.0 Å². The van der Waals surface area contributed by atoms with E-state index >= 15 is 0 Å². The van der Waals surface area contributed by atoms with Crippen LogP contribution in [0, 0.1) is 3.57 Å². The summed E-state index contributed by atoms with van der Waals surface area (Å²) in [6.45, 7) is 1.03. The molecule has 4 heteroatoms. The molecular formula is C27H22INO2. The SMILES string of the molecule is COCOc1ccc2ccccc2c1-c1cn(Cc2ccccc2I)c2ccccc12. The first kappa shape index (κ1) is 20.1. The number of benzene rings is 4. The summed E-state index contributed by atoms with van der Waals surface area (Å²) in [5.41, 5.74) is 4.80. The maximum absolute atomic E-state index is 6.01. The van der Waals surface area contributed by atoms with Gasteiger partial charge in [-0.25, -0.2) is 0 Å². The molecule has 1 heterocycles. The fourth-order valence-corrected chi connectivity index (χ4v) is 4.72. The number of nitrogens with zero attached hydrogens (tertiary/aromatic N) is 1. The van der Waals surface area contributed by atoms with E-state index in [0.29, 0.717) is 0 Å². The van der Waals surface area contributed by atoms with Crippen LogP contribution in [0.5, 0.6) is 5.75 Å². The van der Waals surface area contributed by atoms with Crippen molar-refractivity contribution in [2.24, 2.45) is 0 Å². The van der Waals surface area contributed by atoms with Gasteiger partial charge in [0, 0.05) is 45.5 Å². The standard InChI is InChI=1S/C27H22INO2/c1-30-18-31-26-15-14-19-8-2-4-10-21(19)27(26)23-17-29(25-13-7-5-11-22(23)25)16-20-9-3-6-12-24(20)28/h2-15,17H,16,18H2,1H3. The Hall–Kier alpha value is -2.83. The lowest BCUT2D eigenvalue weighted by atomic mass is 9.97. The van der Waals surface area contributed by atoms with Crippen LogP contribution in [-0.2, 0) is 11.3 Å². The van der Waals surface area contributed by atoms with Crippen LogP contribution in [0.1, 0.15) is 5.56 Å². The molecule has 0 aliphatic heterocycles. The van der Waals surface area contributed by atoms with Crippen molar-refractivity contribution in [3.8, 4) is 16.9 Å². The molecule has 5 rings (SSSR count). The van der Waals surface area contributed by atoms with E-state index in [1.165, 1.54) is 36.4 Å². The van der Waals surface area contributed by atoms with Gasteiger partial charge in [0.15, 0.2) is 6.79 Å². The van der Waals surface area contributed by atoms with E-state index in [1.54, 1.807) is 7.11 Å². The second kappa shape index (κ2) is 8.73. The number of fused-ring (bicyclic) bond motifs is 2. The summed E-state index contributed by atoms with van der Waals surface area (Å²) >= 11 is 2.41. The van der Waals surface area contributed by atoms with Gasteiger partial charge in [0.1, 0.15) is 5.75 Å². The summed E-state index contributed by atoms with van der Waals surface area (Å²) in [5, 5.41) is 3.58. The third kappa shape index (κ3) is 3.82. The van der Waals surface area contributed by atoms with Crippen molar-refractivity contribution in [1.29, 1.82) is 0 Å². The molecule has 3 nitrogen and oxygen atoms in total. The Morgan fingerprint density at radius 3 is 2.39 bits per heavy atom. The van der Waals surface area contributed by atoms with Gasteiger partial charge in [0.25, 0.3) is 0 Å². The molecule has 0 unspecified atom stereocenters. The first-order valence-corrected chi connectivity index (χ1v) is 11.3. The second-order valence-electron chi connectivity index (χ2n) is 7.49. The fraction of sp³-hybridized carbons (Fsp3) is 0.111. The smallest absolute Gasteiger partial charge is 0.188 e. The molecule has 0 saturated heterocycles. The van der Waals surface area contributed by atoms with Gasteiger partial charge in [0.2, 0.25) is 0 Å². The van der Waals surface area contributed by atoms with Gasteiger partial charge in [-0.3, -0.25) is 0 Å². The van der Waals surface area contributed by atoms with Gasteiger partial charge in [-0.2, -0.15) is 0 Å². The van der Waals surface area contributed by atoms with E-state index in [1.807, 2.05) is 6.07 Å². The largest absolute Gasteiger partial charge is 0.467 e. The van der Waals surface area contributed by atoms with E-state index in [4.69, 9.17) is 9.47 Å². The zero-order chi connectivity index (χ0) is 21.2. The number of aromatic nitrogens is 1. The Labute approximate surface area is 195 Å². The van der Waals surface area contributed by atoms with Crippen molar-refractivity contribution in [3.63, 3.8) is 0 Å². The first-order chi connectivity index (χ1) is 15.3. The molecular weight excluding hydrogens is 497 g/mol. The molecule has 5 aromatic rings. The molecule has 0 radical (unpaired) electrons. The highest BCUT2D eigenvalue weighted by Crippen LogP contribution is 2.41. The van der Waals surface area contributed by atoms with Gasteiger partial charge in [-0.15, -0.1) is 0 Å². The Bertz CT molecular complexity index is 1370. The quantitative estimate of drug-likeness (QED) is 0.177. The number of halogens is 1. The van der Waals surface area contributed by atoms with Crippen LogP contribution in [0.25, 0.3) is 32.8 Å². The number of hydrogen-bond acceptors (Lipinski definition) is 2. The third-order valence-electron chi connectivity index (χ3n) is 5.58. The minimum Gasteiger partial charge on any atom is -0.467 e. The Morgan fingerprint density at radius 2 is 1.55 bits per heavy atom. The minimum absolute atomic E-state index is 0.214. The molecule has 31 heavy (non-hydrogen) atoms. The number of hydrogen-bond donors (Lipinski definition) is 0. The van der Waals surface area contributed by atoms with E-state index in [-0.39, 0.29) is 6.79 Å². The van der Waals surface area contributed by atoms with Crippen LogP contribution in [-0.4, -0.2) is 18.5 Å². The van der Waals surface area contributed by atoms with Crippen LogP contribution in [0.4, 0.5) is 0 Å². The lowest BCUT2D eigenvalue weighted by Gasteiger charge is -2.13. The molecule has 0 aliphatic rings. The maximum Gasteiger partial charge on any atom is 0.188 e. The molecule has 4 aromatic carbocycles. The molecule has 0 spiro atoms. The lowest BCUT2D eigenvalue weighted by Crippen LogP contribution is -2.01. The van der Waals surface area contributed by atoms with Crippen LogP contribution in [0.2, 0.25) is 0 Å². The van der Waals surface area contributed by atoms with Crippen LogP contribution < -0.4 is 4.74 Å². The molecule has 0 N–H and O–H groups in total. The summed E-state index contributed by atoms with van der Waals surface area (Å²) in [4.78, 5) is 0. The van der Waals surface area contributed by atoms with E-state index in [0.717, 1.165) is 17.9 Å². The summed E-state index contributed by atoms with van der Waals surface area (Å²) in [7, 11) is 1.65. The highest BCUT2D eigenvalue weighted by molar-refractivity contribution is 14.1. The first-order valence-electron chi connectivity index (χ1n) is 10.2. The summed E-state index contributed by atoms with van der Waals surface area (Å²) in [6, 6.07) is 29.7. The number of para-hydroxylation sites is 1. The summed E-state index contributed by atoms with van der Waals surface area (Å²) in [6.07, 6.45) is 2.26. The van der Waals surface area contributed by atoms with Gasteiger partial charge >= 0.3 is 0 Å². The number of rotatable bonds is 6. The van der Waals surface area contributed by atoms with Crippen molar-refractivity contribution < 1.29 is 9.47 Å². The number of methoxy groups -OCH3 is 1. The molecule has 0 saturated carbocycles. The maximum atomic E-state index is 6.01. The number of ether oxygens (including phenoxy) is 2. The van der Waals surface area contributed by atoms with E-state index < -0.39 is 0 Å². The highest BCUT2D eigenvalue weighted by Gasteiger charge is 2.17. The van der Waals surface area contributed by atoms with Crippen molar-refractivity contribution in [3.05, 3.63) is 100 Å². The topological polar surface area (TPSA) is 23.4 Å². The summed E-state index contributed by atoms with van der Waals surface area (Å²) in [5.74, 6) is 0.831. The van der Waals surface area contributed by atoms with Crippen LogP contribution in [0.15, 0.2) is 91.1 Å². The molecule has 1 aromatic heterocycles. The van der Waals surface area contributed by atoms with Crippen molar-refractivity contribution in [1.82, 2.24) is 4.57 Å². The molecule has 0 bridgehead atoms. The summed E-state index contributed by atoms with van der Waals surface area (Å²) < 4.78 is 14.8. The van der Waals surface area contributed by atoms with Crippen LogP contribution >= 0.6 is 22.6 Å².